The van der Waals surface area contributed by atoms with E-state index in [-0.39, 0.29) is 30.5 Å². The van der Waals surface area contributed by atoms with Gasteiger partial charge < -0.3 is 14.0 Å². The number of nitrogens with zero attached hydrogens (tertiary/aromatic N) is 1. The number of aryl methyl sites for hydroxylation is 2. The van der Waals surface area contributed by atoms with Gasteiger partial charge in [-0.2, -0.15) is 0 Å². The first-order chi connectivity index (χ1) is 18.0. The summed E-state index contributed by atoms with van der Waals surface area (Å²) >= 11 is 0. The highest BCUT2D eigenvalue weighted by Gasteiger charge is 2.17. The van der Waals surface area contributed by atoms with Gasteiger partial charge in [-0.05, 0) is 60.2 Å². The molecule has 37 heavy (non-hydrogen) atoms. The minimum absolute atomic E-state index is 0.0140. The molecule has 0 saturated carbocycles. The molecule has 190 valence electrons. The van der Waals surface area contributed by atoms with Crippen LogP contribution in [0.4, 0.5) is 4.39 Å². The lowest BCUT2D eigenvalue weighted by atomic mass is 9.86. The van der Waals surface area contributed by atoms with Gasteiger partial charge in [0.05, 0.1) is 6.61 Å². The van der Waals surface area contributed by atoms with Crippen molar-refractivity contribution in [2.24, 2.45) is 0 Å². The Labute approximate surface area is 216 Å². The molecule has 0 amide bonds. The Hall–Kier alpha value is -4.19. The minimum atomic E-state index is -0.475. The van der Waals surface area contributed by atoms with Crippen molar-refractivity contribution in [3.8, 4) is 5.75 Å². The SMILES string of the molecule is CCOC(=O)COc1ccc(F)c(CCCn2cc(C(c3ccccc3)c3ccccc3)ccc2=O)c1. The van der Waals surface area contributed by atoms with E-state index in [1.165, 1.54) is 12.1 Å². The van der Waals surface area contributed by atoms with Crippen molar-refractivity contribution in [3.05, 3.63) is 136 Å². The van der Waals surface area contributed by atoms with Crippen LogP contribution in [0.15, 0.2) is 102 Å². The van der Waals surface area contributed by atoms with E-state index < -0.39 is 5.97 Å². The second kappa shape index (κ2) is 12.7. The summed E-state index contributed by atoms with van der Waals surface area (Å²) in [6.45, 7) is 2.20. The van der Waals surface area contributed by atoms with Gasteiger partial charge in [0.1, 0.15) is 11.6 Å². The fourth-order valence-corrected chi connectivity index (χ4v) is 4.38. The van der Waals surface area contributed by atoms with Gasteiger partial charge in [0.25, 0.3) is 5.56 Å². The summed E-state index contributed by atoms with van der Waals surface area (Å²) in [5, 5.41) is 0. The van der Waals surface area contributed by atoms with Crippen molar-refractivity contribution < 1.29 is 18.7 Å². The van der Waals surface area contributed by atoms with Gasteiger partial charge >= 0.3 is 5.97 Å². The maximum atomic E-state index is 14.4. The molecule has 5 nitrogen and oxygen atoms in total. The molecule has 0 unspecified atom stereocenters. The number of carbonyl (C=O) groups is 1. The monoisotopic (exact) mass is 499 g/mol. The lowest BCUT2D eigenvalue weighted by Gasteiger charge is -2.20. The van der Waals surface area contributed by atoms with Crippen molar-refractivity contribution in [2.75, 3.05) is 13.2 Å². The van der Waals surface area contributed by atoms with Gasteiger partial charge in [-0.1, -0.05) is 66.7 Å². The van der Waals surface area contributed by atoms with Crippen LogP contribution in [0.3, 0.4) is 0 Å². The highest BCUT2D eigenvalue weighted by atomic mass is 19.1. The number of aromatic nitrogens is 1. The highest BCUT2D eigenvalue weighted by Crippen LogP contribution is 2.31. The lowest BCUT2D eigenvalue weighted by molar-refractivity contribution is -0.145. The van der Waals surface area contributed by atoms with E-state index in [2.05, 4.69) is 24.3 Å². The average molecular weight is 500 g/mol. The smallest absolute Gasteiger partial charge is 0.344 e. The first-order valence-electron chi connectivity index (χ1n) is 12.4. The Kier molecular flexibility index (Phi) is 8.87. The maximum absolute atomic E-state index is 14.4. The number of benzene rings is 3. The van der Waals surface area contributed by atoms with Crippen LogP contribution in [0.5, 0.6) is 5.75 Å². The zero-order chi connectivity index (χ0) is 26.0. The molecule has 0 aliphatic rings. The summed E-state index contributed by atoms with van der Waals surface area (Å²) in [6.07, 6.45) is 2.88. The maximum Gasteiger partial charge on any atom is 0.344 e. The van der Waals surface area contributed by atoms with Crippen LogP contribution >= 0.6 is 0 Å². The molecule has 3 aromatic carbocycles. The van der Waals surface area contributed by atoms with Gasteiger partial charge in [-0.3, -0.25) is 4.79 Å². The minimum Gasteiger partial charge on any atom is -0.482 e. The number of halogens is 1. The van der Waals surface area contributed by atoms with E-state index in [4.69, 9.17) is 9.47 Å². The van der Waals surface area contributed by atoms with E-state index >= 15 is 0 Å². The number of ether oxygens (including phenoxy) is 2. The third-order valence-corrected chi connectivity index (χ3v) is 6.13. The summed E-state index contributed by atoms with van der Waals surface area (Å²) in [5.41, 5.74) is 3.66. The predicted molar refractivity (Wildman–Crippen MR) is 141 cm³/mol. The summed E-state index contributed by atoms with van der Waals surface area (Å²) < 4.78 is 26.4. The first kappa shape index (κ1) is 25.9. The molecule has 0 aliphatic heterocycles. The molecule has 4 aromatic rings. The van der Waals surface area contributed by atoms with E-state index in [1.807, 2.05) is 48.7 Å². The van der Waals surface area contributed by atoms with Crippen LogP contribution in [-0.4, -0.2) is 23.8 Å². The number of hydrogen-bond acceptors (Lipinski definition) is 4. The summed E-state index contributed by atoms with van der Waals surface area (Å²) in [7, 11) is 0. The summed E-state index contributed by atoms with van der Waals surface area (Å²) in [4.78, 5) is 24.2. The first-order valence-corrected chi connectivity index (χ1v) is 12.4. The summed E-state index contributed by atoms with van der Waals surface area (Å²) in [5.74, 6) is -0.438. The molecule has 6 heteroatoms. The normalized spacial score (nSPS) is 10.9. The Morgan fingerprint density at radius 3 is 2.22 bits per heavy atom. The molecule has 0 spiro atoms. The zero-order valence-electron chi connectivity index (χ0n) is 20.8. The second-order valence-corrected chi connectivity index (χ2v) is 8.70. The van der Waals surface area contributed by atoms with E-state index in [0.29, 0.717) is 30.7 Å². The number of carbonyl (C=O) groups excluding carboxylic acids is 1. The Morgan fingerprint density at radius 2 is 1.57 bits per heavy atom. The second-order valence-electron chi connectivity index (χ2n) is 8.70. The molecule has 0 aliphatic carbocycles. The van der Waals surface area contributed by atoms with Gasteiger partial charge in [0, 0.05) is 24.7 Å². The third-order valence-electron chi connectivity index (χ3n) is 6.13. The van der Waals surface area contributed by atoms with Crippen LogP contribution in [-0.2, 0) is 22.5 Å². The largest absolute Gasteiger partial charge is 0.482 e. The average Bonchev–Trinajstić information content (AvgIpc) is 2.92. The van der Waals surface area contributed by atoms with Crippen LogP contribution in [0.1, 0.15) is 41.5 Å². The molecule has 0 bridgehead atoms. The van der Waals surface area contributed by atoms with E-state index in [1.54, 1.807) is 23.6 Å². The van der Waals surface area contributed by atoms with Crippen LogP contribution in [0.25, 0.3) is 0 Å². The topological polar surface area (TPSA) is 57.5 Å². The van der Waals surface area contributed by atoms with Crippen LogP contribution in [0.2, 0.25) is 0 Å². The van der Waals surface area contributed by atoms with Crippen molar-refractivity contribution >= 4 is 5.97 Å². The molecule has 0 N–H and O–H groups in total. The van der Waals surface area contributed by atoms with Crippen molar-refractivity contribution in [1.82, 2.24) is 4.57 Å². The Balaban J connectivity index is 1.49. The predicted octanol–water partition coefficient (Wildman–Crippen LogP) is 5.74. The zero-order valence-corrected chi connectivity index (χ0v) is 20.8. The molecular weight excluding hydrogens is 469 g/mol. The number of esters is 1. The van der Waals surface area contributed by atoms with Crippen molar-refractivity contribution in [2.45, 2.75) is 32.2 Å². The van der Waals surface area contributed by atoms with Crippen molar-refractivity contribution in [3.63, 3.8) is 0 Å². The molecular formula is C31H30FNO4. The lowest BCUT2D eigenvalue weighted by Crippen LogP contribution is -2.20. The number of rotatable bonds is 11. The molecule has 0 fully saturated rings. The van der Waals surface area contributed by atoms with Gasteiger partial charge in [-0.15, -0.1) is 0 Å². The van der Waals surface area contributed by atoms with Crippen molar-refractivity contribution in [1.29, 1.82) is 0 Å². The summed E-state index contributed by atoms with van der Waals surface area (Å²) in [6, 6.07) is 28.3. The molecule has 0 radical (unpaired) electrons. The fourth-order valence-electron chi connectivity index (χ4n) is 4.38. The molecule has 1 aromatic heterocycles. The van der Waals surface area contributed by atoms with E-state index in [9.17, 15) is 14.0 Å². The van der Waals surface area contributed by atoms with Crippen LogP contribution in [0, 0.1) is 5.82 Å². The number of hydrogen-bond donors (Lipinski definition) is 0. The quantitative estimate of drug-likeness (QED) is 0.247. The highest BCUT2D eigenvalue weighted by molar-refractivity contribution is 5.71. The molecule has 0 saturated heterocycles. The fraction of sp³-hybridized carbons (Fsp3) is 0.226. The molecule has 4 rings (SSSR count). The Bertz CT molecular complexity index is 1330. The van der Waals surface area contributed by atoms with Gasteiger partial charge in [-0.25, -0.2) is 9.18 Å². The van der Waals surface area contributed by atoms with E-state index in [0.717, 1.165) is 16.7 Å². The van der Waals surface area contributed by atoms with Crippen LogP contribution < -0.4 is 10.3 Å². The third kappa shape index (κ3) is 6.94. The van der Waals surface area contributed by atoms with Gasteiger partial charge in [0.2, 0.25) is 0 Å². The number of pyridine rings is 1. The standard InChI is InChI=1S/C31H30FNO4/c1-2-36-30(35)22-37-27-16-17-28(32)25(20-27)14-9-19-33-21-26(15-18-29(33)34)31(23-10-5-3-6-11-23)24-12-7-4-8-13-24/h3-8,10-13,15-18,20-21,31H,2,9,14,19,22H2,1H3. The molecule has 1 heterocycles. The Morgan fingerprint density at radius 1 is 0.892 bits per heavy atom. The molecule has 0 atom stereocenters. The van der Waals surface area contributed by atoms with Gasteiger partial charge in [0.15, 0.2) is 6.61 Å².